The molecule has 0 aliphatic rings. The molecule has 0 radical (unpaired) electrons. The second-order valence-corrected chi connectivity index (χ2v) is 13.1. The predicted molar refractivity (Wildman–Crippen MR) is 193 cm³/mol. The molecule has 0 heterocycles. The van der Waals surface area contributed by atoms with Crippen molar-refractivity contribution in [2.75, 3.05) is 13.2 Å². The smallest absolute Gasteiger partial charge is 0.462 e. The molecule has 0 amide bonds. The summed E-state index contributed by atoms with van der Waals surface area (Å²) in [5, 5.41) is 0. The van der Waals surface area contributed by atoms with E-state index in [2.05, 4.69) is 67.0 Å². The third-order valence-electron chi connectivity index (χ3n) is 7.30. The molecule has 2 N–H and O–H groups in total. The average Bonchev–Trinajstić information content (AvgIpc) is 3.04. The van der Waals surface area contributed by atoms with Gasteiger partial charge in [0, 0.05) is 12.8 Å². The third-order valence-corrected chi connectivity index (χ3v) is 7.79. The zero-order chi connectivity index (χ0) is 34.7. The molecule has 0 unspecified atom stereocenters. The van der Waals surface area contributed by atoms with Crippen molar-refractivity contribution in [2.24, 2.45) is 0 Å². The maximum atomic E-state index is 12.3. The van der Waals surface area contributed by atoms with Gasteiger partial charge in [0.1, 0.15) is 6.61 Å². The second-order valence-electron chi connectivity index (χ2n) is 11.8. The van der Waals surface area contributed by atoms with Gasteiger partial charge in [-0.05, 0) is 51.4 Å². The number of carbonyl (C=O) groups excluding carboxylic acids is 2. The molecule has 0 bridgehead atoms. The average molecular weight is 681 g/mol. The van der Waals surface area contributed by atoms with Crippen molar-refractivity contribution in [3.8, 4) is 0 Å². The number of phosphoric acid groups is 1. The van der Waals surface area contributed by atoms with Crippen molar-refractivity contribution < 1.29 is 37.9 Å². The Kier molecular flexibility index (Phi) is 32.0. The van der Waals surface area contributed by atoms with Gasteiger partial charge in [-0.1, -0.05) is 145 Å². The minimum absolute atomic E-state index is 0.143. The lowest BCUT2D eigenvalue weighted by molar-refractivity contribution is -0.161. The van der Waals surface area contributed by atoms with E-state index in [0.717, 1.165) is 44.9 Å². The Morgan fingerprint density at radius 1 is 0.553 bits per heavy atom. The van der Waals surface area contributed by atoms with Crippen LogP contribution in [-0.2, 0) is 28.2 Å². The van der Waals surface area contributed by atoms with Gasteiger partial charge < -0.3 is 19.3 Å². The molecule has 0 rings (SSSR count). The molecule has 1 atom stereocenters. The van der Waals surface area contributed by atoms with E-state index in [1.165, 1.54) is 64.2 Å². The molecule has 0 aromatic heterocycles. The van der Waals surface area contributed by atoms with Crippen molar-refractivity contribution in [3.63, 3.8) is 0 Å². The lowest BCUT2D eigenvalue weighted by Gasteiger charge is -2.18. The number of hydrogen-bond donors (Lipinski definition) is 2. The van der Waals surface area contributed by atoms with E-state index in [-0.39, 0.29) is 19.4 Å². The molecule has 0 aromatic carbocycles. The molecule has 0 fully saturated rings. The molecule has 0 saturated carbocycles. The molecule has 0 spiro atoms. The van der Waals surface area contributed by atoms with E-state index in [0.29, 0.717) is 12.8 Å². The van der Waals surface area contributed by atoms with Crippen molar-refractivity contribution in [2.45, 2.75) is 155 Å². The fourth-order valence-corrected chi connectivity index (χ4v) is 4.95. The number of rotatable bonds is 32. The standard InChI is InChI=1S/C38H65O8P/c1-3-5-7-9-11-13-15-16-17-18-19-20-21-22-23-25-26-28-30-32-37(39)44-34-36(35-45-47(41,42)43)46-38(40)33-31-29-27-24-14-12-10-8-6-4-2/h11,13,16-17,19-20,22-23,26,28,36H,3-10,12,14-15,18,21,24-25,27,29-35H2,1-2H3,(H2,41,42,43)/b13-11+,17-16+,20-19+,23-22+,28-26+/t36-/m1/s1. The van der Waals surface area contributed by atoms with Gasteiger partial charge in [-0.15, -0.1) is 0 Å². The first-order chi connectivity index (χ1) is 22.8. The zero-order valence-corrected chi connectivity index (χ0v) is 30.3. The molecule has 9 heteroatoms. The number of phosphoric ester groups is 1. The molecule has 0 saturated heterocycles. The van der Waals surface area contributed by atoms with Crippen LogP contribution in [0.4, 0.5) is 0 Å². The molecule has 270 valence electrons. The first-order valence-corrected chi connectivity index (χ1v) is 19.6. The summed E-state index contributed by atoms with van der Waals surface area (Å²) in [6.45, 7) is 3.55. The molecule has 0 aliphatic carbocycles. The Morgan fingerprint density at radius 3 is 1.51 bits per heavy atom. The van der Waals surface area contributed by atoms with Crippen LogP contribution in [0.25, 0.3) is 0 Å². The van der Waals surface area contributed by atoms with Crippen molar-refractivity contribution in [1.82, 2.24) is 0 Å². The van der Waals surface area contributed by atoms with Gasteiger partial charge >= 0.3 is 19.8 Å². The minimum atomic E-state index is -4.76. The SMILES string of the molecule is CCCCC/C=C/C/C=C/C/C=C/C/C=C/C/C=C/CCC(=O)OC[C@H](COP(=O)(O)O)OC(=O)CCCCCCCCCCCC. The van der Waals surface area contributed by atoms with Gasteiger partial charge in [0.15, 0.2) is 6.10 Å². The van der Waals surface area contributed by atoms with Crippen LogP contribution in [0.1, 0.15) is 149 Å². The number of allylic oxidation sites excluding steroid dienone is 10. The van der Waals surface area contributed by atoms with E-state index in [4.69, 9.17) is 19.3 Å². The highest BCUT2D eigenvalue weighted by Gasteiger charge is 2.22. The highest BCUT2D eigenvalue weighted by Crippen LogP contribution is 2.35. The topological polar surface area (TPSA) is 119 Å². The van der Waals surface area contributed by atoms with Crippen molar-refractivity contribution >= 4 is 19.8 Å². The Balaban J connectivity index is 4.11. The van der Waals surface area contributed by atoms with E-state index in [9.17, 15) is 14.2 Å². The summed E-state index contributed by atoms with van der Waals surface area (Å²) in [6, 6.07) is 0. The van der Waals surface area contributed by atoms with Gasteiger partial charge in [0.05, 0.1) is 6.61 Å². The summed E-state index contributed by atoms with van der Waals surface area (Å²) in [5.41, 5.74) is 0. The summed E-state index contributed by atoms with van der Waals surface area (Å²) in [5.74, 6) is -0.987. The van der Waals surface area contributed by atoms with Crippen LogP contribution in [0, 0.1) is 0 Å². The van der Waals surface area contributed by atoms with E-state index < -0.39 is 32.5 Å². The van der Waals surface area contributed by atoms with Gasteiger partial charge in [0.2, 0.25) is 0 Å². The number of esters is 2. The van der Waals surface area contributed by atoms with E-state index in [1.54, 1.807) is 0 Å². The van der Waals surface area contributed by atoms with E-state index >= 15 is 0 Å². The quantitative estimate of drug-likeness (QED) is 0.0312. The van der Waals surface area contributed by atoms with Crippen molar-refractivity contribution in [1.29, 1.82) is 0 Å². The second kappa shape index (κ2) is 33.6. The predicted octanol–water partition coefficient (Wildman–Crippen LogP) is 10.6. The lowest BCUT2D eigenvalue weighted by Crippen LogP contribution is -2.29. The summed E-state index contributed by atoms with van der Waals surface area (Å²) in [4.78, 5) is 42.5. The van der Waals surface area contributed by atoms with Crippen LogP contribution in [0.3, 0.4) is 0 Å². The van der Waals surface area contributed by atoms with Crippen LogP contribution >= 0.6 is 7.82 Å². The van der Waals surface area contributed by atoms with Crippen LogP contribution in [-0.4, -0.2) is 41.0 Å². The Labute approximate surface area is 286 Å². The number of carbonyl (C=O) groups is 2. The van der Waals surface area contributed by atoms with Crippen LogP contribution < -0.4 is 0 Å². The normalized spacial score (nSPS) is 13.2. The number of hydrogen-bond acceptors (Lipinski definition) is 6. The van der Waals surface area contributed by atoms with Gasteiger partial charge in [-0.25, -0.2) is 4.57 Å². The zero-order valence-electron chi connectivity index (χ0n) is 29.4. The largest absolute Gasteiger partial charge is 0.469 e. The molecular weight excluding hydrogens is 615 g/mol. The summed E-state index contributed by atoms with van der Waals surface area (Å²) in [7, 11) is -4.76. The first-order valence-electron chi connectivity index (χ1n) is 18.1. The summed E-state index contributed by atoms with van der Waals surface area (Å²) < 4.78 is 26.1. The maximum absolute atomic E-state index is 12.3. The summed E-state index contributed by atoms with van der Waals surface area (Å²) in [6.07, 6.45) is 41.0. The number of unbranched alkanes of at least 4 members (excludes halogenated alkanes) is 12. The van der Waals surface area contributed by atoms with Gasteiger partial charge in [0.25, 0.3) is 0 Å². The van der Waals surface area contributed by atoms with Crippen LogP contribution in [0.5, 0.6) is 0 Å². The van der Waals surface area contributed by atoms with Crippen molar-refractivity contribution in [3.05, 3.63) is 60.8 Å². The fourth-order valence-electron chi connectivity index (χ4n) is 4.59. The maximum Gasteiger partial charge on any atom is 0.469 e. The highest BCUT2D eigenvalue weighted by molar-refractivity contribution is 7.46. The molecule has 0 aliphatic heterocycles. The third kappa shape index (κ3) is 36.4. The van der Waals surface area contributed by atoms with Crippen LogP contribution in [0.2, 0.25) is 0 Å². The Bertz CT molecular complexity index is 947. The molecule has 0 aromatic rings. The lowest BCUT2D eigenvalue weighted by atomic mass is 10.1. The molecule has 47 heavy (non-hydrogen) atoms. The highest BCUT2D eigenvalue weighted by atomic mass is 31.2. The fraction of sp³-hybridized carbons (Fsp3) is 0.684. The first kappa shape index (κ1) is 44.8. The van der Waals surface area contributed by atoms with Gasteiger partial charge in [-0.3, -0.25) is 14.1 Å². The Morgan fingerprint density at radius 2 is 1.00 bits per heavy atom. The van der Waals surface area contributed by atoms with Gasteiger partial charge in [-0.2, -0.15) is 0 Å². The Hall–Kier alpha value is -2.25. The van der Waals surface area contributed by atoms with E-state index in [1.807, 2.05) is 12.2 Å². The minimum Gasteiger partial charge on any atom is -0.462 e. The number of ether oxygens (including phenoxy) is 2. The molecular formula is C38H65O8P. The molecule has 8 nitrogen and oxygen atoms in total. The monoisotopic (exact) mass is 680 g/mol. The van der Waals surface area contributed by atoms with Crippen LogP contribution in [0.15, 0.2) is 60.8 Å². The summed E-state index contributed by atoms with van der Waals surface area (Å²) >= 11 is 0.